The van der Waals surface area contributed by atoms with Gasteiger partial charge in [-0.15, -0.1) is 11.3 Å². The van der Waals surface area contributed by atoms with E-state index in [2.05, 4.69) is 26.1 Å². The Hall–Kier alpha value is -2.34. The molecule has 0 bridgehead atoms. The summed E-state index contributed by atoms with van der Waals surface area (Å²) in [6, 6.07) is 7.52. The zero-order chi connectivity index (χ0) is 22.6. The lowest BCUT2D eigenvalue weighted by Gasteiger charge is -2.36. The molecule has 1 N–H and O–H groups in total. The van der Waals surface area contributed by atoms with Gasteiger partial charge in [-0.25, -0.2) is 4.79 Å². The Bertz CT molecular complexity index is 930. The van der Waals surface area contributed by atoms with Gasteiger partial charge >= 0.3 is 5.97 Å². The average Bonchev–Trinajstić information content (AvgIpc) is 3.11. The van der Waals surface area contributed by atoms with Crippen molar-refractivity contribution in [2.45, 2.75) is 59.8 Å². The Kier molecular flexibility index (Phi) is 7.42. The lowest BCUT2D eigenvalue weighted by Crippen LogP contribution is -2.28. The Balaban J connectivity index is 1.79. The Morgan fingerprint density at radius 1 is 1.19 bits per heavy atom. The minimum absolute atomic E-state index is 0.140. The van der Waals surface area contributed by atoms with Crippen LogP contribution in [0.15, 0.2) is 24.3 Å². The quantitative estimate of drug-likeness (QED) is 0.535. The third-order valence-electron chi connectivity index (χ3n) is 6.52. The van der Waals surface area contributed by atoms with Gasteiger partial charge in [-0.2, -0.15) is 0 Å². The molecular formula is C25H33NO4S. The second-order valence-electron chi connectivity index (χ2n) is 8.78. The number of amides is 1. The van der Waals surface area contributed by atoms with Crippen LogP contribution in [-0.4, -0.2) is 25.6 Å². The summed E-state index contributed by atoms with van der Waals surface area (Å²) in [4.78, 5) is 26.5. The number of anilines is 1. The standard InChI is InChI=1S/C25H33NO4S/c1-6-25(3,4)17-10-13-19-20(15-17)31-23(22(19)24(28)29-5)26-21(27)14-16-8-11-18(12-9-16)30-7-2/h8-9,11-12,17H,6-7,10,13-15H2,1-5H3,(H,26,27)/t17-/m0/s1. The fourth-order valence-corrected chi connectivity index (χ4v) is 5.51. The molecule has 3 rings (SSSR count). The van der Waals surface area contributed by atoms with E-state index < -0.39 is 0 Å². The van der Waals surface area contributed by atoms with Crippen molar-refractivity contribution in [3.63, 3.8) is 0 Å². The maximum atomic E-state index is 12.8. The third kappa shape index (κ3) is 5.29. The summed E-state index contributed by atoms with van der Waals surface area (Å²) in [5.41, 5.74) is 2.74. The Morgan fingerprint density at radius 3 is 2.52 bits per heavy atom. The number of hydrogen-bond acceptors (Lipinski definition) is 5. The molecule has 0 radical (unpaired) electrons. The fourth-order valence-electron chi connectivity index (χ4n) is 4.17. The molecule has 0 saturated carbocycles. The van der Waals surface area contributed by atoms with Gasteiger partial charge in [0.25, 0.3) is 0 Å². The van der Waals surface area contributed by atoms with Crippen molar-refractivity contribution in [1.82, 2.24) is 0 Å². The molecule has 6 heteroatoms. The lowest BCUT2D eigenvalue weighted by atomic mass is 9.69. The second kappa shape index (κ2) is 9.86. The first-order valence-corrected chi connectivity index (χ1v) is 11.8. The van der Waals surface area contributed by atoms with Gasteiger partial charge in [-0.3, -0.25) is 4.79 Å². The minimum Gasteiger partial charge on any atom is -0.494 e. The molecule has 2 aromatic rings. The van der Waals surface area contributed by atoms with E-state index in [0.717, 1.165) is 42.6 Å². The maximum absolute atomic E-state index is 12.8. The van der Waals surface area contributed by atoms with Crippen molar-refractivity contribution in [1.29, 1.82) is 0 Å². The van der Waals surface area contributed by atoms with Crippen molar-refractivity contribution in [3.05, 3.63) is 45.8 Å². The van der Waals surface area contributed by atoms with Gasteiger partial charge in [-0.1, -0.05) is 39.3 Å². The molecule has 1 aromatic heterocycles. The minimum atomic E-state index is -0.373. The summed E-state index contributed by atoms with van der Waals surface area (Å²) in [6.45, 7) is 9.41. The van der Waals surface area contributed by atoms with E-state index in [1.54, 1.807) is 0 Å². The van der Waals surface area contributed by atoms with Crippen LogP contribution in [0.1, 0.15) is 66.9 Å². The predicted molar refractivity (Wildman–Crippen MR) is 125 cm³/mol. The van der Waals surface area contributed by atoms with Crippen LogP contribution in [0.2, 0.25) is 0 Å². The van der Waals surface area contributed by atoms with Crippen LogP contribution in [0.4, 0.5) is 5.00 Å². The van der Waals surface area contributed by atoms with Crippen LogP contribution in [0, 0.1) is 11.3 Å². The first kappa shape index (κ1) is 23.3. The molecule has 1 heterocycles. The highest BCUT2D eigenvalue weighted by Gasteiger charge is 2.35. The van der Waals surface area contributed by atoms with Crippen molar-refractivity contribution >= 4 is 28.2 Å². The summed E-state index contributed by atoms with van der Waals surface area (Å²) < 4.78 is 10.5. The van der Waals surface area contributed by atoms with Crippen molar-refractivity contribution in [2.24, 2.45) is 11.3 Å². The topological polar surface area (TPSA) is 64.6 Å². The number of esters is 1. The Labute approximate surface area is 189 Å². The van der Waals surface area contributed by atoms with Gasteiger partial charge in [0.05, 0.1) is 25.7 Å². The van der Waals surface area contributed by atoms with E-state index in [9.17, 15) is 9.59 Å². The van der Waals surface area contributed by atoms with Crippen LogP contribution in [0.5, 0.6) is 5.75 Å². The molecule has 1 aromatic carbocycles. The average molecular weight is 444 g/mol. The molecule has 1 atom stereocenters. The van der Waals surface area contributed by atoms with E-state index in [1.165, 1.54) is 23.3 Å². The molecule has 1 aliphatic rings. The number of thiophene rings is 1. The summed E-state index contributed by atoms with van der Waals surface area (Å²) in [5, 5.41) is 3.60. The largest absolute Gasteiger partial charge is 0.494 e. The van der Waals surface area contributed by atoms with E-state index in [-0.39, 0.29) is 23.7 Å². The van der Waals surface area contributed by atoms with Crippen LogP contribution < -0.4 is 10.1 Å². The van der Waals surface area contributed by atoms with Gasteiger partial charge in [0.15, 0.2) is 0 Å². The molecular weight excluding hydrogens is 410 g/mol. The number of ether oxygens (including phenoxy) is 2. The van der Waals surface area contributed by atoms with Gasteiger partial charge in [-0.05, 0) is 60.8 Å². The zero-order valence-electron chi connectivity index (χ0n) is 19.2. The highest BCUT2D eigenvalue weighted by Crippen LogP contribution is 2.45. The maximum Gasteiger partial charge on any atom is 0.341 e. The molecule has 0 unspecified atom stereocenters. The summed E-state index contributed by atoms with van der Waals surface area (Å²) >= 11 is 1.53. The van der Waals surface area contributed by atoms with E-state index >= 15 is 0 Å². The van der Waals surface area contributed by atoms with E-state index in [1.807, 2.05) is 31.2 Å². The third-order valence-corrected chi connectivity index (χ3v) is 7.69. The van der Waals surface area contributed by atoms with Crippen LogP contribution in [-0.2, 0) is 28.8 Å². The highest BCUT2D eigenvalue weighted by atomic mass is 32.1. The first-order valence-electron chi connectivity index (χ1n) is 11.0. The number of rotatable bonds is 8. The predicted octanol–water partition coefficient (Wildman–Crippen LogP) is 5.66. The SMILES string of the molecule is CCOc1ccc(CC(=O)Nc2sc3c(c2C(=O)OC)CC[C@H](C(C)(C)CC)C3)cc1. The zero-order valence-corrected chi connectivity index (χ0v) is 20.0. The number of carbonyl (C=O) groups is 2. The number of benzene rings is 1. The summed E-state index contributed by atoms with van der Waals surface area (Å²) in [6.07, 6.45) is 4.20. The van der Waals surface area contributed by atoms with Crippen molar-refractivity contribution in [2.75, 3.05) is 19.0 Å². The number of methoxy groups -OCH3 is 1. The highest BCUT2D eigenvalue weighted by molar-refractivity contribution is 7.17. The van der Waals surface area contributed by atoms with Crippen molar-refractivity contribution in [3.8, 4) is 5.75 Å². The first-order chi connectivity index (χ1) is 14.8. The monoisotopic (exact) mass is 443 g/mol. The molecule has 31 heavy (non-hydrogen) atoms. The lowest BCUT2D eigenvalue weighted by molar-refractivity contribution is -0.115. The molecule has 1 amide bonds. The number of nitrogens with one attached hydrogen (secondary N) is 1. The number of hydrogen-bond donors (Lipinski definition) is 1. The second-order valence-corrected chi connectivity index (χ2v) is 9.89. The normalized spacial score (nSPS) is 15.8. The van der Waals surface area contributed by atoms with Crippen molar-refractivity contribution < 1.29 is 19.1 Å². The van der Waals surface area contributed by atoms with E-state index in [0.29, 0.717) is 23.1 Å². The molecule has 168 valence electrons. The summed E-state index contributed by atoms with van der Waals surface area (Å²) in [5.74, 6) is 0.845. The number of fused-ring (bicyclic) bond motifs is 1. The van der Waals surface area contributed by atoms with Gasteiger partial charge in [0, 0.05) is 4.88 Å². The molecule has 0 aliphatic heterocycles. The molecule has 5 nitrogen and oxygen atoms in total. The molecule has 1 aliphatic carbocycles. The fraction of sp³-hybridized carbons (Fsp3) is 0.520. The van der Waals surface area contributed by atoms with E-state index in [4.69, 9.17) is 9.47 Å². The van der Waals surface area contributed by atoms with Crippen LogP contribution >= 0.6 is 11.3 Å². The van der Waals surface area contributed by atoms with Gasteiger partial charge in [0.2, 0.25) is 5.91 Å². The smallest absolute Gasteiger partial charge is 0.341 e. The van der Waals surface area contributed by atoms with Gasteiger partial charge < -0.3 is 14.8 Å². The van der Waals surface area contributed by atoms with Gasteiger partial charge in [0.1, 0.15) is 10.8 Å². The Morgan fingerprint density at radius 2 is 1.90 bits per heavy atom. The van der Waals surface area contributed by atoms with Crippen LogP contribution in [0.25, 0.3) is 0 Å². The molecule has 0 fully saturated rings. The number of carbonyl (C=O) groups excluding carboxylic acids is 2. The summed E-state index contributed by atoms with van der Waals surface area (Å²) in [7, 11) is 1.39. The molecule has 0 saturated heterocycles. The molecule has 0 spiro atoms. The van der Waals surface area contributed by atoms with Crippen LogP contribution in [0.3, 0.4) is 0 Å².